The second-order valence-corrected chi connectivity index (χ2v) is 5.24. The zero-order valence-corrected chi connectivity index (χ0v) is 12.3. The van der Waals surface area contributed by atoms with Crippen LogP contribution < -0.4 is 21.7 Å². The Bertz CT molecular complexity index is 368. The molecule has 1 aliphatic rings. The van der Waals surface area contributed by atoms with Crippen molar-refractivity contribution >= 4 is 39.8 Å². The fourth-order valence-electron chi connectivity index (χ4n) is 1.17. The number of alkyl halides is 1. The van der Waals surface area contributed by atoms with Crippen molar-refractivity contribution in [3.8, 4) is 0 Å². The number of halogens is 1. The van der Waals surface area contributed by atoms with Gasteiger partial charge in [0.15, 0.2) is 0 Å². The molecule has 0 saturated carbocycles. The lowest BCUT2D eigenvalue weighted by atomic mass is 10.0. The highest BCUT2D eigenvalue weighted by Crippen LogP contribution is 2.26. The van der Waals surface area contributed by atoms with Gasteiger partial charge in [-0.05, 0) is 12.8 Å². The largest absolute Gasteiger partial charge is 0.351 e. The minimum atomic E-state index is -0.814. The molecule has 1 fully saturated rings. The molecule has 0 atom stereocenters. The van der Waals surface area contributed by atoms with Crippen molar-refractivity contribution in [2.24, 2.45) is 5.73 Å². The smallest absolute Gasteiger partial charge is 0.321 e. The first kappa shape index (κ1) is 17.4. The normalized spacial score (nSPS) is 13.8. The number of carbonyl (C=O) groups is 4. The van der Waals surface area contributed by atoms with E-state index in [4.69, 9.17) is 5.73 Å². The fraction of sp³-hybridized carbons (Fsp3) is 0.600. The maximum atomic E-state index is 11.3. The minimum Gasteiger partial charge on any atom is -0.351 e. The summed E-state index contributed by atoms with van der Waals surface area (Å²) in [6.45, 7) is 3.84. The van der Waals surface area contributed by atoms with E-state index in [0.717, 1.165) is 0 Å². The lowest BCUT2D eigenvalue weighted by Crippen LogP contribution is -2.46. The minimum absolute atomic E-state index is 0.124. The van der Waals surface area contributed by atoms with Gasteiger partial charge in [0, 0.05) is 0 Å². The van der Waals surface area contributed by atoms with E-state index in [1.54, 1.807) is 0 Å². The molecule has 0 bridgehead atoms. The Labute approximate surface area is 119 Å². The number of urea groups is 2. The van der Waals surface area contributed by atoms with Gasteiger partial charge in [0.05, 0.1) is 6.54 Å². The maximum absolute atomic E-state index is 11.3. The maximum Gasteiger partial charge on any atom is 0.321 e. The summed E-state index contributed by atoms with van der Waals surface area (Å²) in [5.74, 6) is -0.634. The second kappa shape index (κ2) is 7.72. The van der Waals surface area contributed by atoms with Crippen LogP contribution in [0.5, 0.6) is 0 Å². The summed E-state index contributed by atoms with van der Waals surface area (Å²) in [6, 6.07) is -1.21. The predicted octanol–water partition coefficient (Wildman–Crippen LogP) is -0.0392. The van der Waals surface area contributed by atoms with E-state index in [0.29, 0.717) is 12.8 Å². The van der Waals surface area contributed by atoms with E-state index in [1.807, 2.05) is 24.5 Å². The molecule has 1 rings (SSSR count). The Morgan fingerprint density at radius 2 is 1.89 bits per heavy atom. The van der Waals surface area contributed by atoms with E-state index in [2.05, 4.69) is 21.2 Å². The van der Waals surface area contributed by atoms with Crippen LogP contribution in [0.3, 0.4) is 0 Å². The molecule has 0 spiro atoms. The SMILES string of the molecule is CCC(Br)(CC)C(=O)NC(N)=O.O=C1CNC(=O)N1. The van der Waals surface area contributed by atoms with Crippen molar-refractivity contribution in [1.29, 1.82) is 0 Å². The topological polar surface area (TPSA) is 130 Å². The van der Waals surface area contributed by atoms with Gasteiger partial charge in [-0.15, -0.1) is 0 Å². The van der Waals surface area contributed by atoms with E-state index in [-0.39, 0.29) is 18.4 Å². The van der Waals surface area contributed by atoms with E-state index in [9.17, 15) is 19.2 Å². The molecular weight excluding hydrogens is 320 g/mol. The molecule has 0 aromatic heterocycles. The first-order chi connectivity index (χ1) is 8.75. The molecule has 1 saturated heterocycles. The number of amides is 6. The quantitative estimate of drug-likeness (QED) is 0.425. The summed E-state index contributed by atoms with van der Waals surface area (Å²) in [6.07, 6.45) is 1.23. The third kappa shape index (κ3) is 6.18. The average molecular weight is 337 g/mol. The van der Waals surface area contributed by atoms with Crippen molar-refractivity contribution < 1.29 is 19.2 Å². The van der Waals surface area contributed by atoms with Crippen LogP contribution in [0.15, 0.2) is 0 Å². The van der Waals surface area contributed by atoms with Crippen LogP contribution in [-0.2, 0) is 9.59 Å². The molecule has 0 aliphatic carbocycles. The summed E-state index contributed by atoms with van der Waals surface area (Å²) < 4.78 is -0.665. The highest BCUT2D eigenvalue weighted by molar-refractivity contribution is 9.10. The highest BCUT2D eigenvalue weighted by Gasteiger charge is 2.32. The Morgan fingerprint density at radius 3 is 2.11 bits per heavy atom. The number of imide groups is 2. The van der Waals surface area contributed by atoms with E-state index >= 15 is 0 Å². The predicted molar refractivity (Wildman–Crippen MR) is 71.5 cm³/mol. The summed E-state index contributed by atoms with van der Waals surface area (Å²) in [5.41, 5.74) is 4.81. The number of hydrogen-bond acceptors (Lipinski definition) is 4. The van der Waals surface area contributed by atoms with Crippen molar-refractivity contribution in [2.45, 2.75) is 31.0 Å². The van der Waals surface area contributed by atoms with Crippen LogP contribution in [-0.4, -0.2) is 34.7 Å². The van der Waals surface area contributed by atoms with Gasteiger partial charge in [0.1, 0.15) is 4.32 Å². The van der Waals surface area contributed by atoms with Gasteiger partial charge in [-0.25, -0.2) is 9.59 Å². The zero-order chi connectivity index (χ0) is 15.1. The number of carbonyl (C=O) groups excluding carboxylic acids is 4. The monoisotopic (exact) mass is 336 g/mol. The molecule has 5 N–H and O–H groups in total. The molecule has 108 valence electrons. The van der Waals surface area contributed by atoms with E-state index < -0.39 is 16.4 Å². The third-order valence-electron chi connectivity index (χ3n) is 2.43. The van der Waals surface area contributed by atoms with Crippen molar-refractivity contribution in [3.63, 3.8) is 0 Å². The first-order valence-corrected chi connectivity index (χ1v) is 6.42. The van der Waals surface area contributed by atoms with Gasteiger partial charge in [-0.2, -0.15) is 0 Å². The van der Waals surface area contributed by atoms with Crippen LogP contribution in [0, 0.1) is 0 Å². The molecule has 0 aromatic carbocycles. The lowest BCUT2D eigenvalue weighted by Gasteiger charge is -2.21. The number of hydrogen-bond donors (Lipinski definition) is 4. The standard InChI is InChI=1S/C7H13BrN2O2.C3H4N2O2/c1-3-7(8,4-2)5(11)10-6(9)12;6-2-1-4-3(7)5-2/h3-4H2,1-2H3,(H3,9,10,11,12);1H2,(H2,4,5,6,7). The van der Waals surface area contributed by atoms with Gasteiger partial charge in [0.2, 0.25) is 11.8 Å². The molecular formula is C10H17BrN4O4. The Morgan fingerprint density at radius 1 is 1.37 bits per heavy atom. The second-order valence-electron chi connectivity index (χ2n) is 3.72. The van der Waals surface area contributed by atoms with Gasteiger partial charge < -0.3 is 11.1 Å². The van der Waals surface area contributed by atoms with Crippen LogP contribution >= 0.6 is 15.9 Å². The first-order valence-electron chi connectivity index (χ1n) is 5.62. The molecule has 6 amide bonds. The van der Waals surface area contributed by atoms with Crippen molar-refractivity contribution in [2.75, 3.05) is 6.54 Å². The molecule has 1 aliphatic heterocycles. The molecule has 8 nitrogen and oxygen atoms in total. The number of nitrogens with two attached hydrogens (primary N) is 1. The summed E-state index contributed by atoms with van der Waals surface area (Å²) in [5, 5.41) is 6.34. The number of primary amides is 1. The average Bonchev–Trinajstić information content (AvgIpc) is 2.72. The Balaban J connectivity index is 0.000000388. The summed E-state index contributed by atoms with van der Waals surface area (Å²) in [4.78, 5) is 41.7. The van der Waals surface area contributed by atoms with Crippen molar-refractivity contribution in [3.05, 3.63) is 0 Å². The van der Waals surface area contributed by atoms with Gasteiger partial charge in [0.25, 0.3) is 0 Å². The lowest BCUT2D eigenvalue weighted by molar-refractivity contribution is -0.122. The van der Waals surface area contributed by atoms with Crippen LogP contribution in [0.4, 0.5) is 9.59 Å². The molecule has 0 aromatic rings. The molecule has 0 unspecified atom stereocenters. The molecule has 0 radical (unpaired) electrons. The third-order valence-corrected chi connectivity index (χ3v) is 3.91. The Hall–Kier alpha value is -1.64. The van der Waals surface area contributed by atoms with Crippen molar-refractivity contribution in [1.82, 2.24) is 16.0 Å². The highest BCUT2D eigenvalue weighted by atomic mass is 79.9. The number of nitrogens with one attached hydrogen (secondary N) is 3. The summed E-state index contributed by atoms with van der Waals surface area (Å²) in [7, 11) is 0. The molecule has 1 heterocycles. The van der Waals surface area contributed by atoms with Gasteiger partial charge in [-0.1, -0.05) is 29.8 Å². The Kier molecular flexibility index (Phi) is 7.05. The van der Waals surface area contributed by atoms with Gasteiger partial charge >= 0.3 is 12.1 Å². The zero-order valence-electron chi connectivity index (χ0n) is 10.7. The van der Waals surface area contributed by atoms with Crippen LogP contribution in [0.2, 0.25) is 0 Å². The van der Waals surface area contributed by atoms with Gasteiger partial charge in [-0.3, -0.25) is 20.2 Å². The van der Waals surface area contributed by atoms with Crippen LogP contribution in [0.1, 0.15) is 26.7 Å². The summed E-state index contributed by atoms with van der Waals surface area (Å²) >= 11 is 3.26. The van der Waals surface area contributed by atoms with E-state index in [1.165, 1.54) is 0 Å². The molecule has 19 heavy (non-hydrogen) atoms. The van der Waals surface area contributed by atoms with Crippen LogP contribution in [0.25, 0.3) is 0 Å². The number of rotatable bonds is 3. The fourth-order valence-corrected chi connectivity index (χ4v) is 1.27. The molecule has 9 heteroatoms.